The van der Waals surface area contributed by atoms with Crippen molar-refractivity contribution in [2.75, 3.05) is 30.8 Å². The van der Waals surface area contributed by atoms with Gasteiger partial charge in [0.15, 0.2) is 11.0 Å². The van der Waals surface area contributed by atoms with E-state index in [-0.39, 0.29) is 17.6 Å². The van der Waals surface area contributed by atoms with Gasteiger partial charge in [-0.15, -0.1) is 10.2 Å². The molecule has 3 aromatic rings. The summed E-state index contributed by atoms with van der Waals surface area (Å²) >= 11 is 1.33. The molecule has 0 spiro atoms. The zero-order valence-electron chi connectivity index (χ0n) is 19.8. The standard InChI is InChI=1S/C25H31N5O3S/c1-4-30-23(21-13-7-6-10-18(21)3)28-29-25(30)34-17-22(31)27-20-12-8-11-19(16-20)24(32)26-14-9-15-33-5-2/h6-8,10-13,16H,4-5,9,14-15,17H2,1-3H3,(H,26,32)(H,27,31). The molecule has 0 radical (unpaired) electrons. The van der Waals surface area contributed by atoms with Crippen molar-refractivity contribution >= 4 is 29.3 Å². The number of benzene rings is 2. The Balaban J connectivity index is 1.56. The predicted octanol–water partition coefficient (Wildman–Crippen LogP) is 4.16. The summed E-state index contributed by atoms with van der Waals surface area (Å²) in [4.78, 5) is 24.9. The van der Waals surface area contributed by atoms with Crippen LogP contribution in [0.4, 0.5) is 5.69 Å². The van der Waals surface area contributed by atoms with Crippen molar-refractivity contribution in [2.24, 2.45) is 0 Å². The fourth-order valence-corrected chi connectivity index (χ4v) is 4.19. The molecule has 1 heterocycles. The normalized spacial score (nSPS) is 10.8. The highest BCUT2D eigenvalue weighted by atomic mass is 32.2. The van der Waals surface area contributed by atoms with Crippen molar-refractivity contribution in [2.45, 2.75) is 38.9 Å². The topological polar surface area (TPSA) is 98.1 Å². The van der Waals surface area contributed by atoms with Crippen molar-refractivity contribution in [3.05, 3.63) is 59.7 Å². The van der Waals surface area contributed by atoms with Crippen LogP contribution in [0, 0.1) is 6.92 Å². The molecular weight excluding hydrogens is 450 g/mol. The second-order valence-electron chi connectivity index (χ2n) is 7.59. The minimum atomic E-state index is -0.179. The van der Waals surface area contributed by atoms with Gasteiger partial charge in [0, 0.05) is 43.1 Å². The summed E-state index contributed by atoms with van der Waals surface area (Å²) in [6, 6.07) is 14.9. The third kappa shape index (κ3) is 6.91. The molecule has 2 amide bonds. The van der Waals surface area contributed by atoms with E-state index in [1.165, 1.54) is 11.8 Å². The largest absolute Gasteiger partial charge is 0.382 e. The molecule has 0 aliphatic carbocycles. The number of aromatic nitrogens is 3. The van der Waals surface area contributed by atoms with Gasteiger partial charge in [-0.2, -0.15) is 0 Å². The van der Waals surface area contributed by atoms with Gasteiger partial charge in [-0.1, -0.05) is 42.1 Å². The van der Waals surface area contributed by atoms with Crippen LogP contribution < -0.4 is 10.6 Å². The first kappa shape index (κ1) is 25.5. The molecule has 34 heavy (non-hydrogen) atoms. The number of aryl methyl sites for hydroxylation is 1. The van der Waals surface area contributed by atoms with Gasteiger partial charge in [-0.05, 0) is 51.0 Å². The number of hydrogen-bond acceptors (Lipinski definition) is 6. The van der Waals surface area contributed by atoms with Crippen LogP contribution >= 0.6 is 11.8 Å². The first-order valence-corrected chi connectivity index (χ1v) is 12.4. The molecule has 180 valence electrons. The van der Waals surface area contributed by atoms with Crippen molar-refractivity contribution in [1.82, 2.24) is 20.1 Å². The molecule has 0 saturated heterocycles. The molecule has 1 aromatic heterocycles. The third-order valence-electron chi connectivity index (χ3n) is 5.12. The van der Waals surface area contributed by atoms with E-state index in [4.69, 9.17) is 4.74 Å². The van der Waals surface area contributed by atoms with Crippen molar-refractivity contribution in [3.8, 4) is 11.4 Å². The zero-order chi connectivity index (χ0) is 24.3. The van der Waals surface area contributed by atoms with Gasteiger partial charge in [0.05, 0.1) is 5.75 Å². The maximum atomic E-state index is 12.6. The Labute approximate surface area is 204 Å². The van der Waals surface area contributed by atoms with Gasteiger partial charge < -0.3 is 19.9 Å². The molecule has 2 aromatic carbocycles. The smallest absolute Gasteiger partial charge is 0.251 e. The van der Waals surface area contributed by atoms with Crippen LogP contribution in [0.5, 0.6) is 0 Å². The Morgan fingerprint density at radius 2 is 1.91 bits per heavy atom. The van der Waals surface area contributed by atoms with Crippen LogP contribution in [0.2, 0.25) is 0 Å². The molecule has 3 rings (SSSR count). The highest BCUT2D eigenvalue weighted by Crippen LogP contribution is 2.26. The van der Waals surface area contributed by atoms with Crippen LogP contribution in [0.15, 0.2) is 53.7 Å². The van der Waals surface area contributed by atoms with E-state index in [2.05, 4.69) is 20.8 Å². The summed E-state index contributed by atoms with van der Waals surface area (Å²) in [5.74, 6) is 0.618. The lowest BCUT2D eigenvalue weighted by Crippen LogP contribution is -2.25. The summed E-state index contributed by atoms with van der Waals surface area (Å²) in [7, 11) is 0. The lowest BCUT2D eigenvalue weighted by atomic mass is 10.1. The van der Waals surface area contributed by atoms with E-state index >= 15 is 0 Å². The molecule has 0 fully saturated rings. The zero-order valence-corrected chi connectivity index (χ0v) is 20.7. The Morgan fingerprint density at radius 3 is 2.68 bits per heavy atom. The molecular formula is C25H31N5O3S. The second-order valence-corrected chi connectivity index (χ2v) is 8.53. The molecule has 0 aliphatic heterocycles. The quantitative estimate of drug-likeness (QED) is 0.298. The minimum Gasteiger partial charge on any atom is -0.382 e. The highest BCUT2D eigenvalue weighted by molar-refractivity contribution is 7.99. The molecule has 0 aliphatic rings. The lowest BCUT2D eigenvalue weighted by Gasteiger charge is -2.10. The molecule has 0 saturated carbocycles. The predicted molar refractivity (Wildman–Crippen MR) is 135 cm³/mol. The van der Waals surface area contributed by atoms with Crippen molar-refractivity contribution in [1.29, 1.82) is 0 Å². The lowest BCUT2D eigenvalue weighted by molar-refractivity contribution is -0.113. The maximum absolute atomic E-state index is 12.6. The van der Waals surface area contributed by atoms with Crippen LogP contribution in [-0.4, -0.2) is 52.1 Å². The number of ether oxygens (including phenoxy) is 1. The Morgan fingerprint density at radius 1 is 1.09 bits per heavy atom. The monoisotopic (exact) mass is 481 g/mol. The van der Waals surface area contributed by atoms with E-state index in [1.807, 2.05) is 49.6 Å². The molecule has 0 atom stereocenters. The highest BCUT2D eigenvalue weighted by Gasteiger charge is 2.16. The van der Waals surface area contributed by atoms with Crippen LogP contribution in [0.25, 0.3) is 11.4 Å². The first-order chi connectivity index (χ1) is 16.5. The van der Waals surface area contributed by atoms with Gasteiger partial charge in [0.1, 0.15) is 0 Å². The summed E-state index contributed by atoms with van der Waals surface area (Å²) in [6.45, 7) is 8.52. The summed E-state index contributed by atoms with van der Waals surface area (Å²) in [5.41, 5.74) is 3.22. The number of rotatable bonds is 12. The molecule has 0 unspecified atom stereocenters. The summed E-state index contributed by atoms with van der Waals surface area (Å²) < 4.78 is 7.28. The Kier molecular flexibility index (Phi) is 9.66. The fourth-order valence-electron chi connectivity index (χ4n) is 3.39. The van der Waals surface area contributed by atoms with E-state index in [9.17, 15) is 9.59 Å². The number of carbonyl (C=O) groups is 2. The summed E-state index contributed by atoms with van der Waals surface area (Å²) in [6.07, 6.45) is 0.751. The van der Waals surface area contributed by atoms with E-state index < -0.39 is 0 Å². The Hall–Kier alpha value is -3.17. The number of hydrogen-bond donors (Lipinski definition) is 2. The van der Waals surface area contributed by atoms with E-state index in [0.717, 1.165) is 23.4 Å². The molecule has 2 N–H and O–H groups in total. The second kappa shape index (κ2) is 12.9. The van der Waals surface area contributed by atoms with Gasteiger partial charge in [0.25, 0.3) is 5.91 Å². The van der Waals surface area contributed by atoms with Crippen LogP contribution in [-0.2, 0) is 16.1 Å². The number of thioether (sulfide) groups is 1. The van der Waals surface area contributed by atoms with Gasteiger partial charge in [0.2, 0.25) is 5.91 Å². The maximum Gasteiger partial charge on any atom is 0.251 e. The van der Waals surface area contributed by atoms with E-state index in [0.29, 0.717) is 42.7 Å². The minimum absolute atomic E-state index is 0.178. The summed E-state index contributed by atoms with van der Waals surface area (Å²) in [5, 5.41) is 15.1. The average Bonchev–Trinajstić information content (AvgIpc) is 3.25. The van der Waals surface area contributed by atoms with Gasteiger partial charge in [-0.25, -0.2) is 0 Å². The first-order valence-electron chi connectivity index (χ1n) is 11.4. The van der Waals surface area contributed by atoms with E-state index in [1.54, 1.807) is 24.3 Å². The molecule has 8 nitrogen and oxygen atoms in total. The fraction of sp³-hybridized carbons (Fsp3) is 0.360. The van der Waals surface area contributed by atoms with Gasteiger partial charge in [-0.3, -0.25) is 9.59 Å². The third-order valence-corrected chi connectivity index (χ3v) is 6.08. The van der Waals surface area contributed by atoms with Crippen molar-refractivity contribution < 1.29 is 14.3 Å². The number of anilines is 1. The molecule has 0 bridgehead atoms. The number of nitrogens with zero attached hydrogens (tertiary/aromatic N) is 3. The SMILES string of the molecule is CCOCCCNC(=O)c1cccc(NC(=O)CSc2nnc(-c3ccccc3C)n2CC)c1. The molecule has 9 heteroatoms. The van der Waals surface area contributed by atoms with Crippen LogP contribution in [0.1, 0.15) is 36.2 Å². The van der Waals surface area contributed by atoms with Gasteiger partial charge >= 0.3 is 0 Å². The van der Waals surface area contributed by atoms with Crippen LogP contribution in [0.3, 0.4) is 0 Å². The number of carbonyl (C=O) groups excluding carboxylic acids is 2. The number of nitrogens with one attached hydrogen (secondary N) is 2. The number of amides is 2. The average molecular weight is 482 g/mol. The Bertz CT molecular complexity index is 1120. The van der Waals surface area contributed by atoms with Crippen molar-refractivity contribution in [3.63, 3.8) is 0 Å².